The number of aromatic nitrogens is 1. The van der Waals surface area contributed by atoms with Crippen LogP contribution in [0.3, 0.4) is 0 Å². The summed E-state index contributed by atoms with van der Waals surface area (Å²) >= 11 is 6.32. The molecule has 7 nitrogen and oxygen atoms in total. The minimum atomic E-state index is -0.0984. The average molecular weight is 399 g/mol. The van der Waals surface area contributed by atoms with Crippen LogP contribution in [-0.4, -0.2) is 55.2 Å². The molecule has 144 valence electrons. The van der Waals surface area contributed by atoms with Crippen LogP contribution in [0.25, 0.3) is 0 Å². The van der Waals surface area contributed by atoms with Crippen molar-refractivity contribution in [1.29, 1.82) is 5.26 Å². The van der Waals surface area contributed by atoms with Gasteiger partial charge in [0.05, 0.1) is 23.8 Å². The van der Waals surface area contributed by atoms with Crippen LogP contribution < -0.4 is 14.4 Å². The second-order valence-corrected chi connectivity index (χ2v) is 7.01. The van der Waals surface area contributed by atoms with Crippen molar-refractivity contribution in [3.63, 3.8) is 0 Å². The third kappa shape index (κ3) is 3.56. The quantitative estimate of drug-likeness (QED) is 0.774. The lowest BCUT2D eigenvalue weighted by molar-refractivity contribution is 0.0746. The fourth-order valence-electron chi connectivity index (χ4n) is 3.39. The molecule has 3 heterocycles. The van der Waals surface area contributed by atoms with E-state index < -0.39 is 0 Å². The summed E-state index contributed by atoms with van der Waals surface area (Å²) in [6, 6.07) is 9.00. The molecule has 0 saturated carbocycles. The molecular formula is C20H19ClN4O3. The summed E-state index contributed by atoms with van der Waals surface area (Å²) < 4.78 is 11.3. The van der Waals surface area contributed by atoms with Crippen LogP contribution in [0.2, 0.25) is 5.02 Å². The minimum absolute atomic E-state index is 0.0984. The number of hydrogen-bond acceptors (Lipinski definition) is 6. The van der Waals surface area contributed by atoms with E-state index in [2.05, 4.69) is 11.1 Å². The number of nitrogens with zero attached hydrogens (tertiary/aromatic N) is 4. The number of hydrogen-bond donors (Lipinski definition) is 0. The maximum absolute atomic E-state index is 13.0. The fourth-order valence-corrected chi connectivity index (χ4v) is 3.66. The van der Waals surface area contributed by atoms with Gasteiger partial charge < -0.3 is 19.3 Å². The molecule has 1 amide bonds. The number of rotatable bonds is 2. The zero-order valence-electron chi connectivity index (χ0n) is 15.2. The molecule has 0 bridgehead atoms. The summed E-state index contributed by atoms with van der Waals surface area (Å²) in [7, 11) is 0. The molecule has 0 spiro atoms. The van der Waals surface area contributed by atoms with E-state index in [9.17, 15) is 10.1 Å². The number of amides is 1. The van der Waals surface area contributed by atoms with Gasteiger partial charge >= 0.3 is 0 Å². The Kier molecular flexibility index (Phi) is 5.22. The fraction of sp³-hybridized carbons (Fsp3) is 0.350. The van der Waals surface area contributed by atoms with E-state index in [0.717, 1.165) is 6.42 Å². The van der Waals surface area contributed by atoms with Crippen LogP contribution in [0.4, 0.5) is 5.82 Å². The number of benzene rings is 1. The zero-order chi connectivity index (χ0) is 19.5. The number of fused-ring (bicyclic) bond motifs is 1. The van der Waals surface area contributed by atoms with Gasteiger partial charge in [-0.2, -0.15) is 5.26 Å². The van der Waals surface area contributed by atoms with Crippen LogP contribution in [0.15, 0.2) is 30.5 Å². The molecule has 2 aromatic rings. The van der Waals surface area contributed by atoms with Gasteiger partial charge in [-0.25, -0.2) is 4.98 Å². The lowest BCUT2D eigenvalue weighted by Gasteiger charge is -2.35. The maximum atomic E-state index is 13.0. The van der Waals surface area contributed by atoms with Gasteiger partial charge in [0.15, 0.2) is 11.5 Å². The van der Waals surface area contributed by atoms with Gasteiger partial charge in [-0.15, -0.1) is 0 Å². The van der Waals surface area contributed by atoms with Crippen molar-refractivity contribution in [2.75, 3.05) is 44.3 Å². The van der Waals surface area contributed by atoms with Crippen LogP contribution >= 0.6 is 11.6 Å². The van der Waals surface area contributed by atoms with E-state index in [1.54, 1.807) is 35.4 Å². The lowest BCUT2D eigenvalue weighted by Crippen LogP contribution is -2.49. The molecule has 0 N–H and O–H groups in total. The van der Waals surface area contributed by atoms with Crippen molar-refractivity contribution >= 4 is 23.3 Å². The second kappa shape index (κ2) is 7.95. The first kappa shape index (κ1) is 18.4. The summed E-state index contributed by atoms with van der Waals surface area (Å²) in [5.41, 5.74) is 1.02. The van der Waals surface area contributed by atoms with Crippen LogP contribution in [-0.2, 0) is 0 Å². The molecule has 0 unspecified atom stereocenters. The van der Waals surface area contributed by atoms with Crippen molar-refractivity contribution < 1.29 is 14.3 Å². The molecule has 8 heteroatoms. The molecule has 4 rings (SSSR count). The van der Waals surface area contributed by atoms with Gasteiger partial charge in [-0.05, 0) is 24.3 Å². The highest BCUT2D eigenvalue weighted by Crippen LogP contribution is 2.38. The molecule has 2 aliphatic heterocycles. The van der Waals surface area contributed by atoms with Gasteiger partial charge in [0.1, 0.15) is 11.9 Å². The zero-order valence-corrected chi connectivity index (χ0v) is 16.0. The summed E-state index contributed by atoms with van der Waals surface area (Å²) in [6.45, 7) is 3.36. The molecule has 1 aromatic carbocycles. The molecule has 1 saturated heterocycles. The topological polar surface area (TPSA) is 78.7 Å². The van der Waals surface area contributed by atoms with Crippen molar-refractivity contribution in [2.45, 2.75) is 6.42 Å². The Bertz CT molecular complexity index is 936. The molecule has 0 radical (unpaired) electrons. The minimum Gasteiger partial charge on any atom is -0.489 e. The van der Waals surface area contributed by atoms with Gasteiger partial charge in [0, 0.05) is 44.4 Å². The first-order valence-corrected chi connectivity index (χ1v) is 9.53. The average Bonchev–Trinajstić information content (AvgIpc) is 2.99. The van der Waals surface area contributed by atoms with Crippen LogP contribution in [0.1, 0.15) is 22.3 Å². The number of carbonyl (C=O) groups is 1. The van der Waals surface area contributed by atoms with Crippen molar-refractivity contribution in [3.05, 3.63) is 46.6 Å². The van der Waals surface area contributed by atoms with E-state index in [0.29, 0.717) is 72.9 Å². The number of halogens is 1. The van der Waals surface area contributed by atoms with Crippen molar-refractivity contribution in [2.24, 2.45) is 0 Å². The van der Waals surface area contributed by atoms with Gasteiger partial charge in [0.25, 0.3) is 5.91 Å². The predicted octanol–water partition coefficient (Wildman–Crippen LogP) is 2.73. The van der Waals surface area contributed by atoms with Crippen molar-refractivity contribution in [3.8, 4) is 17.6 Å². The van der Waals surface area contributed by atoms with E-state index in [1.807, 2.05) is 4.90 Å². The predicted molar refractivity (Wildman–Crippen MR) is 104 cm³/mol. The SMILES string of the molecule is N#Cc1cccnc1N1CCN(C(=O)c2cc(Cl)c3c(c2)OCCCO3)CC1. The van der Waals surface area contributed by atoms with E-state index >= 15 is 0 Å². The third-order valence-electron chi connectivity index (χ3n) is 4.82. The Labute approximate surface area is 168 Å². The summed E-state index contributed by atoms with van der Waals surface area (Å²) in [5.74, 6) is 1.58. The lowest BCUT2D eigenvalue weighted by atomic mass is 10.1. The number of piperazine rings is 1. The van der Waals surface area contributed by atoms with E-state index in [1.165, 1.54) is 0 Å². The number of anilines is 1. The molecule has 0 aliphatic carbocycles. The van der Waals surface area contributed by atoms with Crippen LogP contribution in [0.5, 0.6) is 11.5 Å². The van der Waals surface area contributed by atoms with Gasteiger partial charge in [0.2, 0.25) is 0 Å². The largest absolute Gasteiger partial charge is 0.489 e. The first-order valence-electron chi connectivity index (χ1n) is 9.16. The maximum Gasteiger partial charge on any atom is 0.254 e. The van der Waals surface area contributed by atoms with E-state index in [-0.39, 0.29) is 5.91 Å². The van der Waals surface area contributed by atoms with Crippen molar-refractivity contribution in [1.82, 2.24) is 9.88 Å². The summed E-state index contributed by atoms with van der Waals surface area (Å²) in [6.07, 6.45) is 2.45. The molecule has 0 atom stereocenters. The Balaban J connectivity index is 1.48. The number of ether oxygens (including phenoxy) is 2. The highest BCUT2D eigenvalue weighted by molar-refractivity contribution is 6.32. The smallest absolute Gasteiger partial charge is 0.254 e. The van der Waals surface area contributed by atoms with Gasteiger partial charge in [-0.3, -0.25) is 4.79 Å². The highest BCUT2D eigenvalue weighted by Gasteiger charge is 2.26. The molecule has 28 heavy (non-hydrogen) atoms. The normalized spacial score (nSPS) is 16.3. The first-order chi connectivity index (χ1) is 13.7. The molecule has 1 aromatic heterocycles. The Morgan fingerprint density at radius 3 is 2.75 bits per heavy atom. The summed E-state index contributed by atoms with van der Waals surface area (Å²) in [4.78, 5) is 21.1. The molecular weight excluding hydrogens is 380 g/mol. The Morgan fingerprint density at radius 1 is 1.18 bits per heavy atom. The van der Waals surface area contributed by atoms with E-state index in [4.69, 9.17) is 21.1 Å². The van der Waals surface area contributed by atoms with Crippen LogP contribution in [0, 0.1) is 11.3 Å². The third-order valence-corrected chi connectivity index (χ3v) is 5.10. The Morgan fingerprint density at radius 2 is 1.96 bits per heavy atom. The van der Waals surface area contributed by atoms with Gasteiger partial charge in [-0.1, -0.05) is 11.6 Å². The standard InChI is InChI=1S/C20H19ClN4O3/c21-16-11-15(12-17-18(16)28-10-2-9-27-17)20(26)25-7-5-24(6-8-25)19-14(13-22)3-1-4-23-19/h1,3-4,11-12H,2,5-10H2. The number of pyridine rings is 1. The number of nitriles is 1. The Hall–Kier alpha value is -2.98. The monoisotopic (exact) mass is 398 g/mol. The second-order valence-electron chi connectivity index (χ2n) is 6.60. The summed E-state index contributed by atoms with van der Waals surface area (Å²) in [5, 5.41) is 9.65. The highest BCUT2D eigenvalue weighted by atomic mass is 35.5. The molecule has 1 fully saturated rings. The molecule has 2 aliphatic rings. The number of carbonyl (C=O) groups excluding carboxylic acids is 1.